The Balaban J connectivity index is 1.99. The molecular formula is C17H16N2O5. The molecule has 0 amide bonds. The van der Waals surface area contributed by atoms with Gasteiger partial charge in [0.25, 0.3) is 5.56 Å². The van der Waals surface area contributed by atoms with E-state index in [0.29, 0.717) is 10.9 Å². The lowest BCUT2D eigenvalue weighted by atomic mass is 10.1. The summed E-state index contributed by atoms with van der Waals surface area (Å²) in [5.41, 5.74) is -0.619. The summed E-state index contributed by atoms with van der Waals surface area (Å²) in [5.74, 6) is 0. The fraction of sp³-hybridized carbons (Fsp3) is 0.294. The minimum absolute atomic E-state index is 0.166. The van der Waals surface area contributed by atoms with E-state index < -0.39 is 29.7 Å². The van der Waals surface area contributed by atoms with E-state index in [1.807, 2.05) is 24.3 Å². The fourth-order valence-electron chi connectivity index (χ4n) is 3.27. The summed E-state index contributed by atoms with van der Waals surface area (Å²) in [6.45, 7) is -0.337. The van der Waals surface area contributed by atoms with Crippen molar-refractivity contribution in [3.8, 4) is 0 Å². The summed E-state index contributed by atoms with van der Waals surface area (Å²) in [6.07, 6.45) is -2.19. The zero-order valence-electron chi connectivity index (χ0n) is 12.7. The molecule has 0 saturated carbocycles. The Morgan fingerprint density at radius 3 is 2.58 bits per heavy atom. The summed E-state index contributed by atoms with van der Waals surface area (Å²) >= 11 is 0. The molecule has 1 aliphatic rings. The van der Waals surface area contributed by atoms with Crippen LogP contribution in [0.25, 0.3) is 21.7 Å². The summed E-state index contributed by atoms with van der Waals surface area (Å²) < 4.78 is 6.93. The summed E-state index contributed by atoms with van der Waals surface area (Å²) in [6, 6.07) is 11.0. The Labute approximate surface area is 135 Å². The van der Waals surface area contributed by atoms with Crippen molar-refractivity contribution in [2.45, 2.75) is 24.9 Å². The second-order valence-electron chi connectivity index (χ2n) is 5.96. The van der Waals surface area contributed by atoms with Crippen molar-refractivity contribution in [2.75, 3.05) is 6.61 Å². The SMILES string of the molecule is O=c1[nH]c(=O)n([C@H]2C[C@H](O)[C@@H](CO)O2)c2cc3ccccc3cc12. The molecule has 1 aliphatic heterocycles. The number of fused-ring (bicyclic) bond motifs is 2. The number of nitrogens with one attached hydrogen (secondary N) is 1. The second kappa shape index (κ2) is 5.55. The molecule has 3 N–H and O–H groups in total. The number of aliphatic hydroxyl groups excluding tert-OH is 2. The third-order valence-corrected chi connectivity index (χ3v) is 4.48. The van der Waals surface area contributed by atoms with E-state index in [1.165, 1.54) is 4.57 Å². The van der Waals surface area contributed by atoms with Crippen molar-refractivity contribution in [1.29, 1.82) is 0 Å². The van der Waals surface area contributed by atoms with Crippen LogP contribution in [0, 0.1) is 0 Å². The van der Waals surface area contributed by atoms with Gasteiger partial charge in [-0.3, -0.25) is 14.3 Å². The van der Waals surface area contributed by atoms with Gasteiger partial charge in [0.2, 0.25) is 0 Å². The lowest BCUT2D eigenvalue weighted by molar-refractivity contribution is -0.0443. The van der Waals surface area contributed by atoms with E-state index in [1.54, 1.807) is 12.1 Å². The first-order valence-electron chi connectivity index (χ1n) is 7.70. The van der Waals surface area contributed by atoms with Gasteiger partial charge in [-0.25, -0.2) is 4.79 Å². The number of rotatable bonds is 2. The van der Waals surface area contributed by atoms with E-state index in [-0.39, 0.29) is 13.0 Å². The van der Waals surface area contributed by atoms with Crippen molar-refractivity contribution < 1.29 is 14.9 Å². The van der Waals surface area contributed by atoms with Crippen LogP contribution in [0.15, 0.2) is 46.0 Å². The highest BCUT2D eigenvalue weighted by Gasteiger charge is 2.35. The second-order valence-corrected chi connectivity index (χ2v) is 5.96. The van der Waals surface area contributed by atoms with Crippen LogP contribution in [0.2, 0.25) is 0 Å². The minimum atomic E-state index is -0.866. The van der Waals surface area contributed by atoms with Crippen LogP contribution in [0.1, 0.15) is 12.6 Å². The molecule has 24 heavy (non-hydrogen) atoms. The topological polar surface area (TPSA) is 105 Å². The molecule has 3 atom stereocenters. The first kappa shape index (κ1) is 15.1. The maximum Gasteiger partial charge on any atom is 0.330 e. The van der Waals surface area contributed by atoms with Crippen molar-refractivity contribution in [3.05, 3.63) is 57.2 Å². The molecule has 7 nitrogen and oxygen atoms in total. The van der Waals surface area contributed by atoms with Crippen molar-refractivity contribution in [2.24, 2.45) is 0 Å². The number of aliphatic hydroxyl groups is 2. The zero-order chi connectivity index (χ0) is 16.8. The largest absolute Gasteiger partial charge is 0.394 e. The predicted octanol–water partition coefficient (Wildman–Crippen LogP) is 0.484. The smallest absolute Gasteiger partial charge is 0.330 e. The molecule has 0 spiro atoms. The van der Waals surface area contributed by atoms with Crippen LogP contribution in [0.4, 0.5) is 0 Å². The molecular weight excluding hydrogens is 312 g/mol. The fourth-order valence-corrected chi connectivity index (χ4v) is 3.27. The molecule has 0 unspecified atom stereocenters. The van der Waals surface area contributed by atoms with Gasteiger partial charge in [-0.2, -0.15) is 0 Å². The number of nitrogens with zero attached hydrogens (tertiary/aromatic N) is 1. The first-order chi connectivity index (χ1) is 11.6. The van der Waals surface area contributed by atoms with Crippen LogP contribution < -0.4 is 11.2 Å². The highest BCUT2D eigenvalue weighted by atomic mass is 16.5. The van der Waals surface area contributed by atoms with Gasteiger partial charge in [0.1, 0.15) is 12.3 Å². The molecule has 0 aliphatic carbocycles. The number of H-pyrrole nitrogens is 1. The highest BCUT2D eigenvalue weighted by Crippen LogP contribution is 2.30. The normalized spacial score (nSPS) is 24.0. The number of hydrogen-bond acceptors (Lipinski definition) is 5. The Morgan fingerprint density at radius 2 is 1.92 bits per heavy atom. The predicted molar refractivity (Wildman–Crippen MR) is 88.0 cm³/mol. The van der Waals surface area contributed by atoms with Crippen molar-refractivity contribution in [3.63, 3.8) is 0 Å². The number of benzene rings is 2. The van der Waals surface area contributed by atoms with Crippen LogP contribution in [0.5, 0.6) is 0 Å². The van der Waals surface area contributed by atoms with E-state index in [9.17, 15) is 19.8 Å². The molecule has 124 valence electrons. The monoisotopic (exact) mass is 328 g/mol. The molecule has 1 saturated heterocycles. The lowest BCUT2D eigenvalue weighted by Gasteiger charge is -2.17. The average Bonchev–Trinajstić information content (AvgIpc) is 2.94. The van der Waals surface area contributed by atoms with Crippen LogP contribution in [0.3, 0.4) is 0 Å². The van der Waals surface area contributed by atoms with Gasteiger partial charge in [0.15, 0.2) is 0 Å². The van der Waals surface area contributed by atoms with Gasteiger partial charge in [-0.1, -0.05) is 24.3 Å². The van der Waals surface area contributed by atoms with Crippen molar-refractivity contribution >= 4 is 21.7 Å². The maximum absolute atomic E-state index is 12.4. The van der Waals surface area contributed by atoms with Crippen LogP contribution in [-0.4, -0.2) is 38.6 Å². The van der Waals surface area contributed by atoms with Crippen LogP contribution >= 0.6 is 0 Å². The van der Waals surface area contributed by atoms with Crippen molar-refractivity contribution in [1.82, 2.24) is 9.55 Å². The Hall–Kier alpha value is -2.48. The minimum Gasteiger partial charge on any atom is -0.394 e. The molecule has 0 bridgehead atoms. The number of hydrogen-bond donors (Lipinski definition) is 3. The van der Waals surface area contributed by atoms with Gasteiger partial charge in [-0.15, -0.1) is 0 Å². The molecule has 2 aromatic carbocycles. The summed E-state index contributed by atoms with van der Waals surface area (Å²) in [4.78, 5) is 26.9. The third kappa shape index (κ3) is 2.25. The Kier molecular flexibility index (Phi) is 3.49. The molecule has 2 heterocycles. The summed E-state index contributed by atoms with van der Waals surface area (Å²) in [5, 5.41) is 21.3. The molecule has 1 aromatic heterocycles. The molecule has 1 fully saturated rings. The Bertz CT molecular complexity index is 1040. The van der Waals surface area contributed by atoms with Gasteiger partial charge >= 0.3 is 5.69 Å². The molecule has 0 radical (unpaired) electrons. The van der Waals surface area contributed by atoms with E-state index in [2.05, 4.69) is 4.98 Å². The van der Waals surface area contributed by atoms with Gasteiger partial charge in [0, 0.05) is 6.42 Å². The van der Waals surface area contributed by atoms with E-state index in [4.69, 9.17) is 4.74 Å². The average molecular weight is 328 g/mol. The summed E-state index contributed by atoms with van der Waals surface area (Å²) in [7, 11) is 0. The zero-order valence-corrected chi connectivity index (χ0v) is 12.7. The van der Waals surface area contributed by atoms with E-state index in [0.717, 1.165) is 10.8 Å². The maximum atomic E-state index is 12.4. The van der Waals surface area contributed by atoms with E-state index >= 15 is 0 Å². The van der Waals surface area contributed by atoms with Crippen LogP contribution in [-0.2, 0) is 4.74 Å². The first-order valence-corrected chi connectivity index (χ1v) is 7.70. The molecule has 7 heteroatoms. The molecule has 4 rings (SSSR count). The number of aromatic nitrogens is 2. The number of ether oxygens (including phenoxy) is 1. The van der Waals surface area contributed by atoms with Gasteiger partial charge in [0.05, 0.1) is 23.6 Å². The standard InChI is InChI=1S/C17H16N2O5/c20-8-14-13(21)7-15(24-14)19-12-6-10-4-2-1-3-9(10)5-11(12)16(22)18-17(19)23/h1-6,13-15,20-21H,7-8H2,(H,18,22,23)/t13-,14+,15+/m0/s1. The lowest BCUT2D eigenvalue weighted by Crippen LogP contribution is -2.33. The quantitative estimate of drug-likeness (QED) is 0.594. The Morgan fingerprint density at radius 1 is 1.21 bits per heavy atom. The molecule has 3 aromatic rings. The van der Waals surface area contributed by atoms with Gasteiger partial charge in [-0.05, 0) is 22.9 Å². The van der Waals surface area contributed by atoms with Gasteiger partial charge < -0.3 is 14.9 Å². The number of aromatic amines is 1. The highest BCUT2D eigenvalue weighted by molar-refractivity contribution is 5.96. The third-order valence-electron chi connectivity index (χ3n) is 4.48.